The fourth-order valence-electron chi connectivity index (χ4n) is 2.70. The molecule has 1 fully saturated rings. The molecule has 1 aliphatic carbocycles. The van der Waals surface area contributed by atoms with Gasteiger partial charge in [0, 0.05) is 11.3 Å². The van der Waals surface area contributed by atoms with E-state index in [1.165, 1.54) is 0 Å². The first-order valence-corrected chi connectivity index (χ1v) is 7.73. The Morgan fingerprint density at radius 2 is 1.60 bits per heavy atom. The van der Waals surface area contributed by atoms with Crippen molar-refractivity contribution < 1.29 is 14.3 Å². The lowest BCUT2D eigenvalue weighted by Gasteiger charge is -2.32. The van der Waals surface area contributed by atoms with Gasteiger partial charge in [0.05, 0.1) is 12.0 Å². The molecule has 2 atom stereocenters. The van der Waals surface area contributed by atoms with Crippen LogP contribution in [0.3, 0.4) is 0 Å². The topological polar surface area (TPSA) is 43.4 Å². The monoisotopic (exact) mass is 282 g/mol. The third-order valence-electron chi connectivity index (χ3n) is 3.96. The van der Waals surface area contributed by atoms with Gasteiger partial charge < -0.3 is 4.74 Å². The predicted molar refractivity (Wildman–Crippen MR) is 80.3 cm³/mol. The van der Waals surface area contributed by atoms with E-state index in [-0.39, 0.29) is 17.3 Å². The normalized spacial score (nSPS) is 24.3. The molecule has 0 heterocycles. The van der Waals surface area contributed by atoms with Gasteiger partial charge in [-0.05, 0) is 46.0 Å². The zero-order chi connectivity index (χ0) is 15.6. The molecule has 0 bridgehead atoms. The SMILES string of the molecule is CC(C)(C)C(=O)OCC1CCCC(C(=O)C(C)(C)C)C1. The molecule has 3 nitrogen and oxygen atoms in total. The number of esters is 1. The van der Waals surface area contributed by atoms with Gasteiger partial charge in [0.25, 0.3) is 0 Å². The van der Waals surface area contributed by atoms with Crippen molar-refractivity contribution in [2.45, 2.75) is 67.2 Å². The molecular formula is C17H30O3. The lowest BCUT2D eigenvalue weighted by molar-refractivity contribution is -0.155. The van der Waals surface area contributed by atoms with E-state index < -0.39 is 5.41 Å². The summed E-state index contributed by atoms with van der Waals surface area (Å²) < 4.78 is 5.41. The quantitative estimate of drug-likeness (QED) is 0.735. The summed E-state index contributed by atoms with van der Waals surface area (Å²) in [7, 11) is 0. The van der Waals surface area contributed by atoms with Crippen LogP contribution in [0.4, 0.5) is 0 Å². The van der Waals surface area contributed by atoms with Crippen LogP contribution in [0.15, 0.2) is 0 Å². The van der Waals surface area contributed by atoms with E-state index in [2.05, 4.69) is 0 Å². The van der Waals surface area contributed by atoms with E-state index in [9.17, 15) is 9.59 Å². The van der Waals surface area contributed by atoms with Gasteiger partial charge in [0.15, 0.2) is 0 Å². The Hall–Kier alpha value is -0.860. The van der Waals surface area contributed by atoms with Crippen molar-refractivity contribution in [1.82, 2.24) is 0 Å². The van der Waals surface area contributed by atoms with Gasteiger partial charge in [0.1, 0.15) is 5.78 Å². The average molecular weight is 282 g/mol. The van der Waals surface area contributed by atoms with Gasteiger partial charge in [-0.1, -0.05) is 27.2 Å². The van der Waals surface area contributed by atoms with E-state index >= 15 is 0 Å². The second kappa shape index (κ2) is 6.28. The van der Waals surface area contributed by atoms with Crippen LogP contribution in [0.1, 0.15) is 67.2 Å². The van der Waals surface area contributed by atoms with Crippen molar-refractivity contribution in [3.05, 3.63) is 0 Å². The molecule has 0 aromatic rings. The molecule has 2 unspecified atom stereocenters. The lowest BCUT2D eigenvalue weighted by Crippen LogP contribution is -2.34. The average Bonchev–Trinajstić information content (AvgIpc) is 2.33. The molecule has 1 rings (SSSR count). The summed E-state index contributed by atoms with van der Waals surface area (Å²) in [6.45, 7) is 12.0. The number of carbonyl (C=O) groups is 2. The van der Waals surface area contributed by atoms with Crippen molar-refractivity contribution in [1.29, 1.82) is 0 Å². The Morgan fingerprint density at radius 1 is 1.00 bits per heavy atom. The number of ether oxygens (including phenoxy) is 1. The zero-order valence-electron chi connectivity index (χ0n) is 13.9. The molecule has 0 amide bonds. The van der Waals surface area contributed by atoms with E-state index in [0.717, 1.165) is 25.7 Å². The van der Waals surface area contributed by atoms with Crippen LogP contribution in [0.2, 0.25) is 0 Å². The molecular weight excluding hydrogens is 252 g/mol. The third kappa shape index (κ3) is 4.92. The summed E-state index contributed by atoms with van der Waals surface area (Å²) in [4.78, 5) is 24.1. The lowest BCUT2D eigenvalue weighted by atomic mass is 9.73. The Bertz CT molecular complexity index is 357. The Labute approximate surface area is 123 Å². The van der Waals surface area contributed by atoms with Crippen molar-refractivity contribution in [2.24, 2.45) is 22.7 Å². The minimum Gasteiger partial charge on any atom is -0.465 e. The van der Waals surface area contributed by atoms with Crippen LogP contribution in [0.5, 0.6) is 0 Å². The molecule has 1 aliphatic rings. The molecule has 0 radical (unpaired) electrons. The standard InChI is InChI=1S/C17H30O3/c1-16(2,3)14(18)13-9-7-8-12(10-13)11-20-15(19)17(4,5)6/h12-13H,7-11H2,1-6H3. The highest BCUT2D eigenvalue weighted by Crippen LogP contribution is 2.34. The molecule has 0 saturated heterocycles. The maximum Gasteiger partial charge on any atom is 0.311 e. The summed E-state index contributed by atoms with van der Waals surface area (Å²) in [5, 5.41) is 0. The van der Waals surface area contributed by atoms with Gasteiger partial charge in [-0.15, -0.1) is 0 Å². The molecule has 3 heteroatoms. The van der Waals surface area contributed by atoms with Crippen LogP contribution in [0, 0.1) is 22.7 Å². The van der Waals surface area contributed by atoms with Crippen LogP contribution >= 0.6 is 0 Å². The molecule has 116 valence electrons. The van der Waals surface area contributed by atoms with Crippen LogP contribution in [-0.2, 0) is 14.3 Å². The Morgan fingerprint density at radius 3 is 2.10 bits per heavy atom. The van der Waals surface area contributed by atoms with Crippen LogP contribution in [0.25, 0.3) is 0 Å². The molecule has 0 N–H and O–H groups in total. The summed E-state index contributed by atoms with van der Waals surface area (Å²) in [5.74, 6) is 0.680. The summed E-state index contributed by atoms with van der Waals surface area (Å²) in [5.41, 5.74) is -0.718. The molecule has 0 aromatic heterocycles. The highest BCUT2D eigenvalue weighted by Gasteiger charge is 2.34. The van der Waals surface area contributed by atoms with Gasteiger partial charge in [-0.3, -0.25) is 9.59 Å². The predicted octanol–water partition coefficient (Wildman–Crippen LogP) is 4.00. The summed E-state index contributed by atoms with van der Waals surface area (Å²) in [6, 6.07) is 0. The van der Waals surface area contributed by atoms with E-state index in [1.807, 2.05) is 41.5 Å². The van der Waals surface area contributed by atoms with E-state index in [4.69, 9.17) is 4.74 Å². The fourth-order valence-corrected chi connectivity index (χ4v) is 2.70. The second-order valence-electron chi connectivity index (χ2n) is 8.19. The molecule has 0 aliphatic heterocycles. The molecule has 20 heavy (non-hydrogen) atoms. The first kappa shape index (κ1) is 17.2. The second-order valence-corrected chi connectivity index (χ2v) is 8.19. The fraction of sp³-hybridized carbons (Fsp3) is 0.882. The number of ketones is 1. The minimum atomic E-state index is -0.449. The molecule has 1 saturated carbocycles. The maximum atomic E-state index is 12.4. The van der Waals surface area contributed by atoms with Gasteiger partial charge in [-0.2, -0.15) is 0 Å². The van der Waals surface area contributed by atoms with Crippen molar-refractivity contribution in [3.8, 4) is 0 Å². The third-order valence-corrected chi connectivity index (χ3v) is 3.96. The van der Waals surface area contributed by atoms with Crippen LogP contribution < -0.4 is 0 Å². The first-order chi connectivity index (χ1) is 9.01. The summed E-state index contributed by atoms with van der Waals surface area (Å²) in [6.07, 6.45) is 3.98. The first-order valence-electron chi connectivity index (χ1n) is 7.73. The highest BCUT2D eigenvalue weighted by atomic mass is 16.5. The van der Waals surface area contributed by atoms with Crippen molar-refractivity contribution in [2.75, 3.05) is 6.61 Å². The van der Waals surface area contributed by atoms with Crippen LogP contribution in [-0.4, -0.2) is 18.4 Å². The van der Waals surface area contributed by atoms with Gasteiger partial charge in [0.2, 0.25) is 0 Å². The number of carbonyl (C=O) groups excluding carboxylic acids is 2. The van der Waals surface area contributed by atoms with Gasteiger partial charge >= 0.3 is 5.97 Å². The number of rotatable bonds is 3. The Balaban J connectivity index is 2.50. The molecule has 0 spiro atoms. The highest BCUT2D eigenvalue weighted by molar-refractivity contribution is 5.86. The summed E-state index contributed by atoms with van der Waals surface area (Å²) >= 11 is 0. The van der Waals surface area contributed by atoms with E-state index in [0.29, 0.717) is 18.3 Å². The van der Waals surface area contributed by atoms with Gasteiger partial charge in [-0.25, -0.2) is 0 Å². The maximum absolute atomic E-state index is 12.4. The minimum absolute atomic E-state index is 0.141. The largest absolute Gasteiger partial charge is 0.465 e. The molecule has 0 aromatic carbocycles. The number of hydrogen-bond donors (Lipinski definition) is 0. The van der Waals surface area contributed by atoms with Crippen molar-refractivity contribution >= 4 is 11.8 Å². The number of Topliss-reactive ketones (excluding diaryl/α,β-unsaturated/α-hetero) is 1. The Kier molecular flexibility index (Phi) is 5.39. The van der Waals surface area contributed by atoms with Crippen molar-refractivity contribution in [3.63, 3.8) is 0 Å². The smallest absolute Gasteiger partial charge is 0.311 e. The zero-order valence-corrected chi connectivity index (χ0v) is 13.9. The van der Waals surface area contributed by atoms with E-state index in [1.54, 1.807) is 0 Å². The number of hydrogen-bond acceptors (Lipinski definition) is 3.